The molecule has 1 amide bonds. The molecule has 0 unspecified atom stereocenters. The summed E-state index contributed by atoms with van der Waals surface area (Å²) in [4.78, 5) is 11.5. The Morgan fingerprint density at radius 2 is 2.17 bits per heavy atom. The quantitative estimate of drug-likeness (QED) is 0.783. The zero-order valence-electron chi connectivity index (χ0n) is 10.5. The summed E-state index contributed by atoms with van der Waals surface area (Å²) in [6.07, 6.45) is 1.07. The largest absolute Gasteiger partial charge is 0.497 e. The van der Waals surface area contributed by atoms with Crippen molar-refractivity contribution in [2.45, 2.75) is 12.8 Å². The van der Waals surface area contributed by atoms with Gasteiger partial charge in [-0.2, -0.15) is 0 Å². The van der Waals surface area contributed by atoms with Crippen molar-refractivity contribution in [1.29, 1.82) is 0 Å². The maximum atomic E-state index is 13.4. The summed E-state index contributed by atoms with van der Waals surface area (Å²) >= 11 is 0. The molecule has 2 N–H and O–H groups in total. The van der Waals surface area contributed by atoms with Crippen molar-refractivity contribution in [3.63, 3.8) is 0 Å². The number of nitrogens with one attached hydrogen (secondary N) is 2. The van der Waals surface area contributed by atoms with E-state index in [2.05, 4.69) is 10.6 Å². The van der Waals surface area contributed by atoms with E-state index in [4.69, 9.17) is 4.74 Å². The van der Waals surface area contributed by atoms with E-state index in [1.807, 2.05) is 7.05 Å². The highest BCUT2D eigenvalue weighted by Crippen LogP contribution is 2.21. The van der Waals surface area contributed by atoms with Gasteiger partial charge < -0.3 is 15.4 Å². The van der Waals surface area contributed by atoms with Crippen LogP contribution in [0.2, 0.25) is 0 Å². The molecule has 102 valence electrons. The number of halogens is 2. The van der Waals surface area contributed by atoms with Crippen LogP contribution in [-0.4, -0.2) is 26.6 Å². The molecule has 0 aliphatic rings. The van der Waals surface area contributed by atoms with Crippen LogP contribution >= 0.6 is 12.4 Å². The van der Waals surface area contributed by atoms with E-state index < -0.39 is 5.82 Å². The molecule has 4 nitrogen and oxygen atoms in total. The Labute approximate surface area is 112 Å². The van der Waals surface area contributed by atoms with Crippen LogP contribution in [0.3, 0.4) is 0 Å². The lowest BCUT2D eigenvalue weighted by Crippen LogP contribution is -2.15. The number of carbonyl (C=O) groups excluding carboxylic acids is 1. The summed E-state index contributed by atoms with van der Waals surface area (Å²) in [5.74, 6) is -0.155. The maximum Gasteiger partial charge on any atom is 0.224 e. The van der Waals surface area contributed by atoms with Crippen molar-refractivity contribution in [3.8, 4) is 5.75 Å². The van der Waals surface area contributed by atoms with Gasteiger partial charge in [0, 0.05) is 12.5 Å². The van der Waals surface area contributed by atoms with Crippen molar-refractivity contribution >= 4 is 24.0 Å². The molecule has 0 atom stereocenters. The Hall–Kier alpha value is -1.33. The van der Waals surface area contributed by atoms with Gasteiger partial charge in [0.1, 0.15) is 11.6 Å². The Kier molecular flexibility index (Phi) is 8.07. The molecule has 0 saturated heterocycles. The predicted octanol–water partition coefficient (Wildman–Crippen LogP) is 2.19. The molecule has 0 radical (unpaired) electrons. The molecule has 1 aromatic carbocycles. The van der Waals surface area contributed by atoms with Crippen molar-refractivity contribution in [3.05, 3.63) is 24.0 Å². The van der Waals surface area contributed by atoms with Crippen LogP contribution < -0.4 is 15.4 Å². The number of hydrogen-bond donors (Lipinski definition) is 2. The third kappa shape index (κ3) is 5.33. The highest BCUT2D eigenvalue weighted by atomic mass is 35.5. The zero-order valence-corrected chi connectivity index (χ0v) is 11.3. The van der Waals surface area contributed by atoms with Gasteiger partial charge in [0.25, 0.3) is 0 Å². The van der Waals surface area contributed by atoms with Crippen molar-refractivity contribution in [1.82, 2.24) is 5.32 Å². The summed E-state index contributed by atoms with van der Waals surface area (Å²) in [6.45, 7) is 0.758. The molecule has 6 heteroatoms. The minimum absolute atomic E-state index is 0. The Morgan fingerprint density at radius 3 is 2.78 bits per heavy atom. The summed E-state index contributed by atoms with van der Waals surface area (Å²) in [6, 6.07) is 4.24. The number of benzene rings is 1. The van der Waals surface area contributed by atoms with Gasteiger partial charge in [0.05, 0.1) is 12.8 Å². The fourth-order valence-corrected chi connectivity index (χ4v) is 1.37. The molecule has 1 rings (SSSR count). The summed E-state index contributed by atoms with van der Waals surface area (Å²) < 4.78 is 18.3. The Morgan fingerprint density at radius 1 is 1.44 bits per heavy atom. The van der Waals surface area contributed by atoms with Gasteiger partial charge in [-0.15, -0.1) is 12.4 Å². The lowest BCUT2D eigenvalue weighted by Gasteiger charge is -2.08. The first-order valence-corrected chi connectivity index (χ1v) is 5.45. The van der Waals surface area contributed by atoms with Crippen LogP contribution in [0, 0.1) is 5.82 Å². The summed E-state index contributed by atoms with van der Waals surface area (Å²) in [7, 11) is 3.31. The molecular formula is C12H18ClFN2O2. The smallest absolute Gasteiger partial charge is 0.224 e. The van der Waals surface area contributed by atoms with E-state index in [1.165, 1.54) is 25.3 Å². The minimum atomic E-state index is -0.465. The fourth-order valence-electron chi connectivity index (χ4n) is 1.37. The SMILES string of the molecule is CNCCCC(=O)Nc1cc(OC)ccc1F.Cl. The highest BCUT2D eigenvalue weighted by Gasteiger charge is 2.07. The van der Waals surface area contributed by atoms with Gasteiger partial charge in [0.2, 0.25) is 5.91 Å². The molecular weight excluding hydrogens is 259 g/mol. The molecule has 18 heavy (non-hydrogen) atoms. The molecule has 0 aromatic heterocycles. The normalized spacial score (nSPS) is 9.50. The van der Waals surface area contributed by atoms with Crippen LogP contribution in [0.4, 0.5) is 10.1 Å². The minimum Gasteiger partial charge on any atom is -0.497 e. The second-order valence-corrected chi connectivity index (χ2v) is 3.60. The number of rotatable bonds is 6. The van der Waals surface area contributed by atoms with Crippen LogP contribution in [0.15, 0.2) is 18.2 Å². The molecule has 0 heterocycles. The monoisotopic (exact) mass is 276 g/mol. The third-order valence-corrected chi connectivity index (χ3v) is 2.28. The Bertz CT molecular complexity index is 388. The van der Waals surface area contributed by atoms with Crippen LogP contribution in [0.1, 0.15) is 12.8 Å². The topological polar surface area (TPSA) is 50.4 Å². The first-order valence-electron chi connectivity index (χ1n) is 5.45. The molecule has 0 aliphatic carbocycles. The number of anilines is 1. The van der Waals surface area contributed by atoms with Gasteiger partial charge in [-0.1, -0.05) is 0 Å². The number of amides is 1. The lowest BCUT2D eigenvalue weighted by molar-refractivity contribution is -0.116. The van der Waals surface area contributed by atoms with E-state index in [9.17, 15) is 9.18 Å². The maximum absolute atomic E-state index is 13.4. The Balaban J connectivity index is 0.00000289. The molecule has 1 aromatic rings. The van der Waals surface area contributed by atoms with Crippen LogP contribution in [0.25, 0.3) is 0 Å². The number of hydrogen-bond acceptors (Lipinski definition) is 3. The highest BCUT2D eigenvalue weighted by molar-refractivity contribution is 5.91. The average Bonchev–Trinajstić information content (AvgIpc) is 2.32. The first kappa shape index (κ1) is 16.7. The first-order chi connectivity index (χ1) is 8.17. The van der Waals surface area contributed by atoms with Gasteiger partial charge >= 0.3 is 0 Å². The molecule has 0 bridgehead atoms. The summed E-state index contributed by atoms with van der Waals surface area (Å²) in [5.41, 5.74) is 0.152. The second kappa shape index (κ2) is 8.72. The molecule has 0 aliphatic heterocycles. The average molecular weight is 277 g/mol. The van der Waals surface area contributed by atoms with Crippen molar-refractivity contribution in [2.75, 3.05) is 26.0 Å². The van der Waals surface area contributed by atoms with Crippen molar-refractivity contribution in [2.24, 2.45) is 0 Å². The fraction of sp³-hybridized carbons (Fsp3) is 0.417. The zero-order chi connectivity index (χ0) is 12.7. The van der Waals surface area contributed by atoms with Crippen LogP contribution in [-0.2, 0) is 4.79 Å². The van der Waals surface area contributed by atoms with Gasteiger partial charge in [-0.05, 0) is 32.1 Å². The number of ether oxygens (including phenoxy) is 1. The third-order valence-electron chi connectivity index (χ3n) is 2.28. The van der Waals surface area contributed by atoms with E-state index in [-0.39, 0.29) is 24.0 Å². The van der Waals surface area contributed by atoms with Crippen molar-refractivity contribution < 1.29 is 13.9 Å². The predicted molar refractivity (Wildman–Crippen MR) is 72.0 cm³/mol. The molecule has 0 fully saturated rings. The van der Waals surface area contributed by atoms with E-state index in [1.54, 1.807) is 0 Å². The number of carbonyl (C=O) groups is 1. The van der Waals surface area contributed by atoms with E-state index in [0.29, 0.717) is 18.6 Å². The van der Waals surface area contributed by atoms with Gasteiger partial charge in [0.15, 0.2) is 0 Å². The molecule has 0 saturated carbocycles. The van der Waals surface area contributed by atoms with Gasteiger partial charge in [-0.3, -0.25) is 4.79 Å². The molecule has 0 spiro atoms. The standard InChI is InChI=1S/C12H17FN2O2.ClH/c1-14-7-3-4-12(16)15-11-8-9(17-2)5-6-10(11)13;/h5-6,8,14H,3-4,7H2,1-2H3,(H,15,16);1H. The lowest BCUT2D eigenvalue weighted by atomic mass is 10.2. The number of methoxy groups -OCH3 is 1. The summed E-state index contributed by atoms with van der Waals surface area (Å²) in [5, 5.41) is 5.46. The van der Waals surface area contributed by atoms with Crippen LogP contribution in [0.5, 0.6) is 5.75 Å². The van der Waals surface area contributed by atoms with E-state index >= 15 is 0 Å². The second-order valence-electron chi connectivity index (χ2n) is 3.60. The van der Waals surface area contributed by atoms with E-state index in [0.717, 1.165) is 6.54 Å². The van der Waals surface area contributed by atoms with Gasteiger partial charge in [-0.25, -0.2) is 4.39 Å².